The highest BCUT2D eigenvalue weighted by Gasteiger charge is 2.07. The molecule has 0 spiro atoms. The van der Waals surface area contributed by atoms with Crippen molar-refractivity contribution < 1.29 is 4.42 Å². The average Bonchev–Trinajstić information content (AvgIpc) is 2.37. The minimum atomic E-state index is 0.206. The molecule has 3 heteroatoms. The zero-order valence-corrected chi connectivity index (χ0v) is 8.10. The molecule has 0 aliphatic rings. The minimum Gasteiger partial charge on any atom is -0.468 e. The fourth-order valence-corrected chi connectivity index (χ4v) is 1.22. The van der Waals surface area contributed by atoms with Crippen molar-refractivity contribution in [1.29, 1.82) is 0 Å². The van der Waals surface area contributed by atoms with E-state index in [1.165, 1.54) is 0 Å². The third-order valence-electron chi connectivity index (χ3n) is 1.66. The van der Waals surface area contributed by atoms with Gasteiger partial charge >= 0.3 is 0 Å². The lowest BCUT2D eigenvalue weighted by atomic mass is 10.1. The number of rotatable bonds is 3. The van der Waals surface area contributed by atoms with Gasteiger partial charge in [0.15, 0.2) is 0 Å². The van der Waals surface area contributed by atoms with Crippen LogP contribution in [0.5, 0.6) is 0 Å². The molecule has 0 saturated heterocycles. The summed E-state index contributed by atoms with van der Waals surface area (Å²) in [6.07, 6.45) is 3.46. The van der Waals surface area contributed by atoms with Crippen LogP contribution in [0.3, 0.4) is 0 Å². The largest absolute Gasteiger partial charge is 0.468 e. The molecule has 0 fully saturated rings. The highest BCUT2D eigenvalue weighted by Crippen LogP contribution is 2.18. The molecule has 0 aliphatic carbocycles. The number of hydrogen-bond donors (Lipinski definition) is 1. The molecular formula is C8H12BrNO. The van der Waals surface area contributed by atoms with E-state index in [-0.39, 0.29) is 6.04 Å². The Bertz CT molecular complexity index is 222. The summed E-state index contributed by atoms with van der Waals surface area (Å²) in [6, 6.07) is 2.09. The SMILES string of the molecule is CCC(N)Cc1occc1Br. The van der Waals surface area contributed by atoms with E-state index in [0.717, 1.165) is 23.1 Å². The van der Waals surface area contributed by atoms with E-state index in [0.29, 0.717) is 0 Å². The van der Waals surface area contributed by atoms with Crippen LogP contribution in [0.2, 0.25) is 0 Å². The maximum absolute atomic E-state index is 5.75. The number of halogens is 1. The lowest BCUT2D eigenvalue weighted by molar-refractivity contribution is 0.478. The Balaban J connectivity index is 2.56. The summed E-state index contributed by atoms with van der Waals surface area (Å²) in [5.41, 5.74) is 5.75. The maximum atomic E-state index is 5.75. The third kappa shape index (κ3) is 2.34. The van der Waals surface area contributed by atoms with Gasteiger partial charge < -0.3 is 10.2 Å². The molecule has 2 N–H and O–H groups in total. The fraction of sp³-hybridized carbons (Fsp3) is 0.500. The topological polar surface area (TPSA) is 39.2 Å². The number of furan rings is 1. The predicted molar refractivity (Wildman–Crippen MR) is 48.4 cm³/mol. The average molecular weight is 218 g/mol. The lowest BCUT2D eigenvalue weighted by Gasteiger charge is -2.05. The molecule has 1 heterocycles. The van der Waals surface area contributed by atoms with E-state index >= 15 is 0 Å². The van der Waals surface area contributed by atoms with Crippen LogP contribution in [0.15, 0.2) is 21.2 Å². The normalized spacial score (nSPS) is 13.4. The lowest BCUT2D eigenvalue weighted by Crippen LogP contribution is -2.21. The van der Waals surface area contributed by atoms with Crippen molar-refractivity contribution in [3.63, 3.8) is 0 Å². The summed E-state index contributed by atoms with van der Waals surface area (Å²) in [4.78, 5) is 0. The van der Waals surface area contributed by atoms with Gasteiger partial charge in [-0.05, 0) is 28.4 Å². The molecule has 0 aromatic carbocycles. The Morgan fingerprint density at radius 1 is 1.73 bits per heavy atom. The molecule has 1 aromatic rings. The van der Waals surface area contributed by atoms with Crippen molar-refractivity contribution in [2.24, 2.45) is 5.73 Å². The van der Waals surface area contributed by atoms with Gasteiger partial charge in [-0.3, -0.25) is 0 Å². The van der Waals surface area contributed by atoms with Crippen molar-refractivity contribution in [2.75, 3.05) is 0 Å². The van der Waals surface area contributed by atoms with Gasteiger partial charge in [0.2, 0.25) is 0 Å². The van der Waals surface area contributed by atoms with Crippen molar-refractivity contribution in [3.05, 3.63) is 22.6 Å². The van der Waals surface area contributed by atoms with Crippen LogP contribution in [0, 0.1) is 0 Å². The van der Waals surface area contributed by atoms with Crippen LogP contribution in [0.4, 0.5) is 0 Å². The molecule has 62 valence electrons. The van der Waals surface area contributed by atoms with Gasteiger partial charge in [0, 0.05) is 12.5 Å². The van der Waals surface area contributed by atoms with E-state index in [2.05, 4.69) is 22.9 Å². The zero-order valence-electron chi connectivity index (χ0n) is 6.51. The molecule has 2 nitrogen and oxygen atoms in total. The molecule has 1 aromatic heterocycles. The van der Waals surface area contributed by atoms with E-state index in [9.17, 15) is 0 Å². The maximum Gasteiger partial charge on any atom is 0.119 e. The van der Waals surface area contributed by atoms with E-state index in [4.69, 9.17) is 10.2 Å². The predicted octanol–water partition coefficient (Wildman–Crippen LogP) is 2.32. The first-order valence-electron chi connectivity index (χ1n) is 3.71. The van der Waals surface area contributed by atoms with Crippen LogP contribution >= 0.6 is 15.9 Å². The van der Waals surface area contributed by atoms with Gasteiger partial charge in [0.05, 0.1) is 10.7 Å². The van der Waals surface area contributed by atoms with E-state index < -0.39 is 0 Å². The van der Waals surface area contributed by atoms with Gasteiger partial charge in [-0.15, -0.1) is 0 Å². The highest BCUT2D eigenvalue weighted by atomic mass is 79.9. The van der Waals surface area contributed by atoms with Crippen LogP contribution in [-0.4, -0.2) is 6.04 Å². The van der Waals surface area contributed by atoms with Crippen LogP contribution in [0.25, 0.3) is 0 Å². The Kier molecular flexibility index (Phi) is 3.15. The molecule has 1 unspecified atom stereocenters. The molecule has 11 heavy (non-hydrogen) atoms. The number of nitrogens with two attached hydrogens (primary N) is 1. The van der Waals surface area contributed by atoms with Crippen molar-refractivity contribution in [2.45, 2.75) is 25.8 Å². The van der Waals surface area contributed by atoms with Crippen LogP contribution in [-0.2, 0) is 6.42 Å². The first-order valence-corrected chi connectivity index (χ1v) is 4.50. The van der Waals surface area contributed by atoms with Gasteiger partial charge in [-0.25, -0.2) is 0 Å². The second-order valence-electron chi connectivity index (χ2n) is 2.56. The Labute approximate surface area is 74.9 Å². The summed E-state index contributed by atoms with van der Waals surface area (Å²) in [7, 11) is 0. The molecule has 0 aliphatic heterocycles. The van der Waals surface area contributed by atoms with Crippen molar-refractivity contribution in [1.82, 2.24) is 0 Å². The first-order chi connectivity index (χ1) is 5.24. The Morgan fingerprint density at radius 2 is 2.45 bits per heavy atom. The van der Waals surface area contributed by atoms with Crippen LogP contribution < -0.4 is 5.73 Å². The second-order valence-corrected chi connectivity index (χ2v) is 3.42. The summed E-state index contributed by atoms with van der Waals surface area (Å²) in [5, 5.41) is 0. The van der Waals surface area contributed by atoms with E-state index in [1.807, 2.05) is 6.07 Å². The molecular weight excluding hydrogens is 206 g/mol. The summed E-state index contributed by atoms with van der Waals surface area (Å²) in [5.74, 6) is 0.944. The molecule has 0 bridgehead atoms. The molecule has 1 rings (SSSR count). The smallest absolute Gasteiger partial charge is 0.119 e. The van der Waals surface area contributed by atoms with Gasteiger partial charge in [0.1, 0.15) is 5.76 Å². The van der Waals surface area contributed by atoms with E-state index in [1.54, 1.807) is 6.26 Å². The van der Waals surface area contributed by atoms with Gasteiger partial charge in [0.25, 0.3) is 0 Å². The first kappa shape index (κ1) is 8.81. The Hall–Kier alpha value is -0.280. The van der Waals surface area contributed by atoms with Gasteiger partial charge in [-0.2, -0.15) is 0 Å². The molecule has 0 amide bonds. The van der Waals surface area contributed by atoms with Gasteiger partial charge in [-0.1, -0.05) is 6.92 Å². The minimum absolute atomic E-state index is 0.206. The van der Waals surface area contributed by atoms with Crippen molar-refractivity contribution >= 4 is 15.9 Å². The van der Waals surface area contributed by atoms with Crippen LogP contribution in [0.1, 0.15) is 19.1 Å². The molecule has 1 atom stereocenters. The Morgan fingerprint density at radius 3 is 2.91 bits per heavy atom. The summed E-state index contributed by atoms with van der Waals surface area (Å²) < 4.78 is 6.23. The van der Waals surface area contributed by atoms with Crippen molar-refractivity contribution in [3.8, 4) is 0 Å². The summed E-state index contributed by atoms with van der Waals surface area (Å²) >= 11 is 3.37. The standard InChI is InChI=1S/C8H12BrNO/c1-2-6(10)5-8-7(9)3-4-11-8/h3-4,6H,2,5,10H2,1H3. The monoisotopic (exact) mass is 217 g/mol. The molecule has 0 saturated carbocycles. The zero-order chi connectivity index (χ0) is 8.27. The third-order valence-corrected chi connectivity index (χ3v) is 2.37. The quantitative estimate of drug-likeness (QED) is 0.845. The number of hydrogen-bond acceptors (Lipinski definition) is 2. The summed E-state index contributed by atoms with van der Waals surface area (Å²) in [6.45, 7) is 2.07. The second kappa shape index (κ2) is 3.93. The highest BCUT2D eigenvalue weighted by molar-refractivity contribution is 9.10. The molecule has 0 radical (unpaired) electrons. The fourth-order valence-electron chi connectivity index (χ4n) is 0.853.